The molecule has 5 heteroatoms. The van der Waals surface area contributed by atoms with Gasteiger partial charge < -0.3 is 15.7 Å². The standard InChI is InChI=1S/C16H32N2O2S/c1-11(2)14(19)16(3,4)10-17-15(20)18-12-7-6-8-13(9-12)21-5/h11-14,19H,6-10H2,1-5H3,(H2,17,18,20). The summed E-state index contributed by atoms with van der Waals surface area (Å²) in [5, 5.41) is 16.9. The molecule has 124 valence electrons. The lowest BCUT2D eigenvalue weighted by atomic mass is 9.81. The third-order valence-corrected chi connectivity index (χ3v) is 5.53. The summed E-state index contributed by atoms with van der Waals surface area (Å²) in [5.41, 5.74) is -0.320. The Balaban J connectivity index is 2.37. The number of rotatable bonds is 6. The summed E-state index contributed by atoms with van der Waals surface area (Å²) in [6.07, 6.45) is 6.30. The third kappa shape index (κ3) is 6.07. The summed E-state index contributed by atoms with van der Waals surface area (Å²) in [7, 11) is 0. The molecule has 0 spiro atoms. The zero-order valence-corrected chi connectivity index (χ0v) is 14.9. The quantitative estimate of drug-likeness (QED) is 0.706. The van der Waals surface area contributed by atoms with Crippen LogP contribution in [-0.2, 0) is 0 Å². The zero-order valence-electron chi connectivity index (χ0n) is 14.1. The minimum absolute atomic E-state index is 0.106. The molecule has 0 aromatic heterocycles. The summed E-state index contributed by atoms with van der Waals surface area (Å²) in [6.45, 7) is 8.45. The van der Waals surface area contributed by atoms with Crippen LogP contribution in [-0.4, -0.2) is 41.3 Å². The summed E-state index contributed by atoms with van der Waals surface area (Å²) >= 11 is 1.90. The maximum absolute atomic E-state index is 12.0. The molecule has 0 saturated heterocycles. The number of hydrogen-bond donors (Lipinski definition) is 3. The molecular formula is C16H32N2O2S. The van der Waals surface area contributed by atoms with E-state index in [2.05, 4.69) is 16.9 Å². The van der Waals surface area contributed by atoms with Gasteiger partial charge in [-0.3, -0.25) is 0 Å². The molecule has 3 unspecified atom stereocenters. The highest BCUT2D eigenvalue weighted by Gasteiger charge is 2.31. The predicted molar refractivity (Wildman–Crippen MR) is 90.7 cm³/mol. The van der Waals surface area contributed by atoms with Crippen LogP contribution in [0.5, 0.6) is 0 Å². The van der Waals surface area contributed by atoms with E-state index in [9.17, 15) is 9.90 Å². The normalized spacial score (nSPS) is 24.7. The van der Waals surface area contributed by atoms with Gasteiger partial charge in [0, 0.05) is 23.3 Å². The van der Waals surface area contributed by atoms with Crippen LogP contribution >= 0.6 is 11.8 Å². The average Bonchev–Trinajstić information content (AvgIpc) is 2.44. The second-order valence-electron chi connectivity index (χ2n) is 7.23. The first-order valence-electron chi connectivity index (χ1n) is 8.01. The maximum Gasteiger partial charge on any atom is 0.315 e. The van der Waals surface area contributed by atoms with Crippen LogP contribution in [0, 0.1) is 11.3 Å². The number of aliphatic hydroxyl groups is 1. The van der Waals surface area contributed by atoms with E-state index in [1.807, 2.05) is 39.5 Å². The predicted octanol–water partition coefficient (Wildman–Crippen LogP) is 3.00. The van der Waals surface area contributed by atoms with Crippen molar-refractivity contribution >= 4 is 17.8 Å². The molecule has 0 aromatic rings. The average molecular weight is 317 g/mol. The Kier molecular flexibility index (Phi) is 7.34. The molecule has 1 rings (SSSR count). The first kappa shape index (κ1) is 18.6. The molecule has 4 nitrogen and oxygen atoms in total. The van der Waals surface area contributed by atoms with Crippen molar-refractivity contribution in [3.8, 4) is 0 Å². The van der Waals surface area contributed by atoms with Crippen molar-refractivity contribution in [3.05, 3.63) is 0 Å². The fourth-order valence-corrected chi connectivity index (χ4v) is 3.87. The molecule has 0 heterocycles. The van der Waals surface area contributed by atoms with Gasteiger partial charge in [-0.25, -0.2) is 4.79 Å². The summed E-state index contributed by atoms with van der Waals surface area (Å²) in [4.78, 5) is 12.0. The molecule has 1 saturated carbocycles. The summed E-state index contributed by atoms with van der Waals surface area (Å²) < 4.78 is 0. The van der Waals surface area contributed by atoms with Crippen LogP contribution in [0.15, 0.2) is 0 Å². The molecule has 0 radical (unpaired) electrons. The second kappa shape index (κ2) is 8.28. The van der Waals surface area contributed by atoms with Gasteiger partial charge in [-0.1, -0.05) is 34.1 Å². The first-order valence-corrected chi connectivity index (χ1v) is 9.30. The Labute approximate surface area is 133 Å². The fraction of sp³-hybridized carbons (Fsp3) is 0.938. The Morgan fingerprint density at radius 1 is 1.38 bits per heavy atom. The van der Waals surface area contributed by atoms with Crippen molar-refractivity contribution in [2.75, 3.05) is 12.8 Å². The van der Waals surface area contributed by atoms with Crippen molar-refractivity contribution in [2.24, 2.45) is 11.3 Å². The molecule has 3 N–H and O–H groups in total. The van der Waals surface area contributed by atoms with Crippen molar-refractivity contribution in [1.82, 2.24) is 10.6 Å². The molecule has 1 aliphatic carbocycles. The second-order valence-corrected chi connectivity index (χ2v) is 8.36. The van der Waals surface area contributed by atoms with E-state index in [4.69, 9.17) is 0 Å². The molecule has 1 fully saturated rings. The van der Waals surface area contributed by atoms with Crippen molar-refractivity contribution < 1.29 is 9.90 Å². The van der Waals surface area contributed by atoms with E-state index >= 15 is 0 Å². The summed E-state index contributed by atoms with van der Waals surface area (Å²) in [5.74, 6) is 0.186. The third-order valence-electron chi connectivity index (χ3n) is 4.43. The minimum Gasteiger partial charge on any atom is -0.392 e. The molecule has 21 heavy (non-hydrogen) atoms. The Bertz CT molecular complexity index is 334. The van der Waals surface area contributed by atoms with Crippen LogP contribution in [0.3, 0.4) is 0 Å². The molecule has 1 aliphatic rings. The van der Waals surface area contributed by atoms with Gasteiger partial charge in [0.2, 0.25) is 0 Å². The van der Waals surface area contributed by atoms with Crippen LogP contribution in [0.2, 0.25) is 0 Å². The van der Waals surface area contributed by atoms with Crippen molar-refractivity contribution in [3.63, 3.8) is 0 Å². The number of thioether (sulfide) groups is 1. The van der Waals surface area contributed by atoms with Gasteiger partial charge in [-0.05, 0) is 31.4 Å². The van der Waals surface area contributed by atoms with Crippen LogP contribution in [0.1, 0.15) is 53.4 Å². The minimum atomic E-state index is -0.423. The van der Waals surface area contributed by atoms with Gasteiger partial charge in [-0.15, -0.1) is 0 Å². The lowest BCUT2D eigenvalue weighted by Crippen LogP contribution is -2.49. The van der Waals surface area contributed by atoms with E-state index in [1.165, 1.54) is 12.8 Å². The van der Waals surface area contributed by atoms with Crippen LogP contribution in [0.25, 0.3) is 0 Å². The monoisotopic (exact) mass is 316 g/mol. The molecule has 2 amide bonds. The number of urea groups is 1. The number of carbonyl (C=O) groups is 1. The number of nitrogens with one attached hydrogen (secondary N) is 2. The molecule has 0 aromatic carbocycles. The van der Waals surface area contributed by atoms with E-state index in [-0.39, 0.29) is 23.4 Å². The number of amides is 2. The SMILES string of the molecule is CSC1CCCC(NC(=O)NCC(C)(C)C(O)C(C)C)C1. The van der Waals surface area contributed by atoms with Gasteiger partial charge in [0.15, 0.2) is 0 Å². The molecule has 0 bridgehead atoms. The van der Waals surface area contributed by atoms with Crippen LogP contribution < -0.4 is 10.6 Å². The molecule has 0 aliphatic heterocycles. The largest absolute Gasteiger partial charge is 0.392 e. The van der Waals surface area contributed by atoms with Crippen LogP contribution in [0.4, 0.5) is 4.79 Å². The van der Waals surface area contributed by atoms with E-state index in [0.717, 1.165) is 12.8 Å². The number of hydrogen-bond acceptors (Lipinski definition) is 3. The number of aliphatic hydroxyl groups excluding tert-OH is 1. The van der Waals surface area contributed by atoms with Crippen molar-refractivity contribution in [1.29, 1.82) is 0 Å². The Hall–Kier alpha value is -0.420. The highest BCUT2D eigenvalue weighted by atomic mass is 32.2. The first-order chi connectivity index (χ1) is 9.76. The Morgan fingerprint density at radius 3 is 2.62 bits per heavy atom. The van der Waals surface area contributed by atoms with Gasteiger partial charge in [0.1, 0.15) is 0 Å². The highest BCUT2D eigenvalue weighted by molar-refractivity contribution is 7.99. The topological polar surface area (TPSA) is 61.4 Å². The van der Waals surface area contributed by atoms with Gasteiger partial charge in [0.25, 0.3) is 0 Å². The van der Waals surface area contributed by atoms with Gasteiger partial charge in [0.05, 0.1) is 6.10 Å². The van der Waals surface area contributed by atoms with Crippen molar-refractivity contribution in [2.45, 2.75) is 70.8 Å². The van der Waals surface area contributed by atoms with Gasteiger partial charge >= 0.3 is 6.03 Å². The smallest absolute Gasteiger partial charge is 0.315 e. The fourth-order valence-electron chi connectivity index (χ4n) is 3.04. The molecular weight excluding hydrogens is 284 g/mol. The van der Waals surface area contributed by atoms with E-state index < -0.39 is 6.10 Å². The number of carbonyl (C=O) groups excluding carboxylic acids is 1. The maximum atomic E-state index is 12.0. The Morgan fingerprint density at radius 2 is 2.05 bits per heavy atom. The lowest BCUT2D eigenvalue weighted by molar-refractivity contribution is 0.0151. The highest BCUT2D eigenvalue weighted by Crippen LogP contribution is 2.27. The zero-order chi connectivity index (χ0) is 16.0. The molecule has 3 atom stereocenters. The van der Waals surface area contributed by atoms with E-state index in [1.54, 1.807) is 0 Å². The lowest BCUT2D eigenvalue weighted by Gasteiger charge is -2.34. The summed E-state index contributed by atoms with van der Waals surface area (Å²) in [6, 6.07) is 0.181. The van der Waals surface area contributed by atoms with Gasteiger partial charge in [-0.2, -0.15) is 11.8 Å². The van der Waals surface area contributed by atoms with E-state index in [0.29, 0.717) is 11.8 Å².